The predicted molar refractivity (Wildman–Crippen MR) is 147 cm³/mol. The molecule has 1 aliphatic heterocycles. The number of esters is 1. The number of hydrogen-bond acceptors (Lipinski definition) is 5. The maximum atomic E-state index is 13.6. The van der Waals surface area contributed by atoms with Crippen molar-refractivity contribution in [2.24, 2.45) is 35.0 Å². The monoisotopic (exact) mass is 501 g/mol. The molecule has 0 spiro atoms. The molecule has 196 valence electrons. The molecule has 0 fully saturated rings. The predicted octanol–water partition coefficient (Wildman–Crippen LogP) is 8.06. The fraction of sp³-hybridized carbons (Fsp3) is 0.700. The number of aromatic nitrogens is 1. The quantitative estimate of drug-likeness (QED) is 0.304. The SMILES string of the molecule is C/C1=C/C[C@@H](/C(C)=C/c2csc(C)n2)OC(=O)C[C@H](C)C(C)(C)C(=O)[C@H](C)[C@@H](C)[C@@H](C)CC[C@H]1C. The minimum absolute atomic E-state index is 0.0437. The normalized spacial score (nSPS) is 33.7. The third-order valence-electron chi connectivity index (χ3n) is 8.72. The van der Waals surface area contributed by atoms with Crippen molar-refractivity contribution in [1.82, 2.24) is 4.98 Å². The summed E-state index contributed by atoms with van der Waals surface area (Å²) in [5, 5.41) is 3.04. The molecule has 1 aliphatic rings. The molecule has 0 amide bonds. The number of thiazole rings is 1. The van der Waals surface area contributed by atoms with Crippen molar-refractivity contribution in [1.29, 1.82) is 0 Å². The minimum atomic E-state index is -0.591. The molecule has 35 heavy (non-hydrogen) atoms. The molecule has 0 aromatic carbocycles. The van der Waals surface area contributed by atoms with Crippen LogP contribution in [0.2, 0.25) is 0 Å². The Morgan fingerprint density at radius 3 is 2.37 bits per heavy atom. The van der Waals surface area contributed by atoms with Gasteiger partial charge in [-0.1, -0.05) is 60.1 Å². The van der Waals surface area contributed by atoms with Gasteiger partial charge in [0.1, 0.15) is 11.9 Å². The lowest BCUT2D eigenvalue weighted by Gasteiger charge is -2.36. The number of nitrogens with zero attached hydrogens (tertiary/aromatic N) is 1. The smallest absolute Gasteiger partial charge is 0.306 e. The van der Waals surface area contributed by atoms with Crippen molar-refractivity contribution < 1.29 is 14.3 Å². The summed E-state index contributed by atoms with van der Waals surface area (Å²) >= 11 is 1.61. The molecule has 0 saturated heterocycles. The zero-order valence-electron chi connectivity index (χ0n) is 23.6. The fourth-order valence-electron chi connectivity index (χ4n) is 4.87. The van der Waals surface area contributed by atoms with Gasteiger partial charge in [-0.25, -0.2) is 4.98 Å². The Bertz CT molecular complexity index is 941. The zero-order chi connectivity index (χ0) is 26.5. The van der Waals surface area contributed by atoms with Gasteiger partial charge in [-0.2, -0.15) is 0 Å². The summed E-state index contributed by atoms with van der Waals surface area (Å²) in [6.07, 6.45) is 6.98. The van der Waals surface area contributed by atoms with E-state index < -0.39 is 5.41 Å². The summed E-state index contributed by atoms with van der Waals surface area (Å²) in [5.41, 5.74) is 2.63. The number of carbonyl (C=O) groups excluding carboxylic acids is 2. The van der Waals surface area contributed by atoms with Gasteiger partial charge in [0.15, 0.2) is 0 Å². The summed E-state index contributed by atoms with van der Waals surface area (Å²) in [6.45, 7) is 21.0. The summed E-state index contributed by atoms with van der Waals surface area (Å²) in [5.74, 6) is 1.07. The lowest BCUT2D eigenvalue weighted by atomic mass is 9.67. The number of aryl methyl sites for hydroxylation is 1. The molecular weight excluding hydrogens is 454 g/mol. The summed E-state index contributed by atoms with van der Waals surface area (Å²) in [6, 6.07) is 0. The number of cyclic esters (lactones) is 1. The molecule has 2 heterocycles. The highest BCUT2D eigenvalue weighted by atomic mass is 32.1. The number of ether oxygens (including phenoxy) is 1. The van der Waals surface area contributed by atoms with Gasteiger partial charge < -0.3 is 4.74 Å². The Morgan fingerprint density at radius 1 is 1.11 bits per heavy atom. The van der Waals surface area contributed by atoms with E-state index in [1.54, 1.807) is 11.3 Å². The first-order valence-electron chi connectivity index (χ1n) is 13.2. The van der Waals surface area contributed by atoms with Gasteiger partial charge in [0.2, 0.25) is 0 Å². The fourth-order valence-corrected chi connectivity index (χ4v) is 5.44. The van der Waals surface area contributed by atoms with E-state index in [1.165, 1.54) is 5.57 Å². The largest absolute Gasteiger partial charge is 0.457 e. The first kappa shape index (κ1) is 29.5. The molecule has 4 nitrogen and oxygen atoms in total. The highest BCUT2D eigenvalue weighted by molar-refractivity contribution is 7.09. The Kier molecular flexibility index (Phi) is 10.5. The van der Waals surface area contributed by atoms with E-state index in [-0.39, 0.29) is 36.1 Å². The molecule has 5 heteroatoms. The van der Waals surface area contributed by atoms with Crippen LogP contribution < -0.4 is 0 Å². The summed E-state index contributed by atoms with van der Waals surface area (Å²) in [7, 11) is 0. The van der Waals surface area contributed by atoms with Crippen LogP contribution in [0.3, 0.4) is 0 Å². The van der Waals surface area contributed by atoms with Crippen molar-refractivity contribution in [2.45, 2.75) is 101 Å². The third-order valence-corrected chi connectivity index (χ3v) is 9.51. The van der Waals surface area contributed by atoms with Crippen LogP contribution in [0, 0.1) is 41.9 Å². The molecule has 0 bridgehead atoms. The van der Waals surface area contributed by atoms with Gasteiger partial charge >= 0.3 is 5.97 Å². The molecule has 0 unspecified atom stereocenters. The standard InChI is InChI=1S/C30H47NO3S/c1-18-11-12-20(3)23(6)24(7)29(33)30(9,10)22(5)16-28(32)34-27(14-13-19(18)2)21(4)15-26-17-35-25(8)31-26/h13,15,17-18,20,22-24,27H,11-12,14,16H2,1-10H3/b19-13-,21-15+/t18-,20+,22+,23+,24-,27+/m1/s1. The molecule has 1 aromatic heterocycles. The van der Waals surface area contributed by atoms with E-state index in [4.69, 9.17) is 4.74 Å². The van der Waals surface area contributed by atoms with Crippen molar-refractivity contribution >= 4 is 29.2 Å². The highest BCUT2D eigenvalue weighted by Crippen LogP contribution is 2.38. The number of allylic oxidation sites excluding steroid dienone is 1. The van der Waals surface area contributed by atoms with E-state index in [1.807, 2.05) is 46.1 Å². The van der Waals surface area contributed by atoms with Crippen molar-refractivity contribution in [3.8, 4) is 0 Å². The van der Waals surface area contributed by atoms with E-state index in [0.29, 0.717) is 24.2 Å². The maximum Gasteiger partial charge on any atom is 0.306 e. The number of ketones is 1. The number of carbonyl (C=O) groups is 2. The van der Waals surface area contributed by atoms with Crippen LogP contribution in [0.25, 0.3) is 6.08 Å². The van der Waals surface area contributed by atoms with Crippen molar-refractivity contribution in [2.75, 3.05) is 0 Å². The van der Waals surface area contributed by atoms with E-state index in [2.05, 4.69) is 45.7 Å². The van der Waals surface area contributed by atoms with Crippen LogP contribution in [0.5, 0.6) is 0 Å². The second-order valence-corrected chi connectivity index (χ2v) is 12.7. The number of hydrogen-bond donors (Lipinski definition) is 0. The Morgan fingerprint density at radius 2 is 1.77 bits per heavy atom. The zero-order valence-corrected chi connectivity index (χ0v) is 24.4. The van der Waals surface area contributed by atoms with Crippen LogP contribution in [-0.4, -0.2) is 22.8 Å². The van der Waals surface area contributed by atoms with Gasteiger partial charge in [0, 0.05) is 29.6 Å². The highest BCUT2D eigenvalue weighted by Gasteiger charge is 2.40. The van der Waals surface area contributed by atoms with Crippen LogP contribution in [0.15, 0.2) is 22.6 Å². The Hall–Kier alpha value is -1.75. The summed E-state index contributed by atoms with van der Waals surface area (Å²) in [4.78, 5) is 31.2. The molecule has 0 N–H and O–H groups in total. The molecule has 1 aromatic rings. The van der Waals surface area contributed by atoms with Gasteiger partial charge in [0.25, 0.3) is 0 Å². The molecule has 0 radical (unpaired) electrons. The second kappa shape index (κ2) is 12.5. The Labute approximate surface area is 217 Å². The molecule has 0 aliphatic carbocycles. The molecule has 0 saturated carbocycles. The lowest BCUT2D eigenvalue weighted by Crippen LogP contribution is -2.40. The van der Waals surface area contributed by atoms with Crippen molar-refractivity contribution in [3.63, 3.8) is 0 Å². The van der Waals surface area contributed by atoms with Gasteiger partial charge in [-0.3, -0.25) is 9.59 Å². The topological polar surface area (TPSA) is 56.3 Å². The van der Waals surface area contributed by atoms with E-state index >= 15 is 0 Å². The average molecular weight is 502 g/mol. The number of Topliss-reactive ketones (excluding diaryl/α,β-unsaturated/α-hetero) is 1. The van der Waals surface area contributed by atoms with Crippen LogP contribution in [0.4, 0.5) is 0 Å². The maximum absolute atomic E-state index is 13.6. The van der Waals surface area contributed by atoms with Gasteiger partial charge in [-0.15, -0.1) is 11.3 Å². The third kappa shape index (κ3) is 7.87. The number of rotatable bonds is 2. The molecular formula is C30H47NO3S. The molecule has 2 rings (SSSR count). The Balaban J connectivity index is 2.38. The van der Waals surface area contributed by atoms with Crippen LogP contribution in [-0.2, 0) is 14.3 Å². The van der Waals surface area contributed by atoms with Gasteiger partial charge in [-0.05, 0) is 68.9 Å². The average Bonchev–Trinajstić information content (AvgIpc) is 3.21. The minimum Gasteiger partial charge on any atom is -0.457 e. The first-order chi connectivity index (χ1) is 16.2. The summed E-state index contributed by atoms with van der Waals surface area (Å²) < 4.78 is 6.05. The van der Waals surface area contributed by atoms with E-state index in [9.17, 15) is 9.59 Å². The van der Waals surface area contributed by atoms with E-state index in [0.717, 1.165) is 29.1 Å². The van der Waals surface area contributed by atoms with Crippen molar-refractivity contribution in [3.05, 3.63) is 33.3 Å². The van der Waals surface area contributed by atoms with Gasteiger partial charge in [0.05, 0.1) is 10.7 Å². The molecule has 6 atom stereocenters. The second-order valence-electron chi connectivity index (χ2n) is 11.6. The first-order valence-corrected chi connectivity index (χ1v) is 14.1. The van der Waals surface area contributed by atoms with Crippen LogP contribution >= 0.6 is 11.3 Å². The lowest BCUT2D eigenvalue weighted by molar-refractivity contribution is -0.150. The van der Waals surface area contributed by atoms with Crippen LogP contribution in [0.1, 0.15) is 98.7 Å².